The molecule has 128 valence electrons. The van der Waals surface area contributed by atoms with E-state index in [0.717, 1.165) is 12.1 Å². The van der Waals surface area contributed by atoms with E-state index in [-0.39, 0.29) is 29.9 Å². The van der Waals surface area contributed by atoms with Gasteiger partial charge in [0.25, 0.3) is 0 Å². The number of Topliss-reactive ketones (excluding diaryl/α,β-unsaturated/α-hetero) is 1. The number of benzene rings is 2. The highest BCUT2D eigenvalue weighted by Gasteiger charge is 2.20. The van der Waals surface area contributed by atoms with Gasteiger partial charge in [0, 0.05) is 30.5 Å². The first-order chi connectivity index (χ1) is 11.1. The van der Waals surface area contributed by atoms with Crippen LogP contribution in [0.1, 0.15) is 11.1 Å². The van der Waals surface area contributed by atoms with E-state index in [2.05, 4.69) is 4.52 Å². The summed E-state index contributed by atoms with van der Waals surface area (Å²) in [5.74, 6) is -1.69. The first kappa shape index (κ1) is 17.8. The van der Waals surface area contributed by atoms with Gasteiger partial charge in [-0.3, -0.25) is 14.6 Å². The van der Waals surface area contributed by atoms with E-state index in [1.807, 2.05) is 0 Å². The number of carbonyl (C=O) groups is 1. The van der Waals surface area contributed by atoms with Gasteiger partial charge in [0.05, 0.1) is 0 Å². The molecule has 24 heavy (non-hydrogen) atoms. The van der Waals surface area contributed by atoms with Crippen molar-refractivity contribution >= 4 is 13.6 Å². The fraction of sp³-hybridized carbons (Fsp3) is 0.133. The molecule has 0 heterocycles. The van der Waals surface area contributed by atoms with Crippen molar-refractivity contribution < 1.29 is 39.0 Å². The highest BCUT2D eigenvalue weighted by atomic mass is 31.2. The van der Waals surface area contributed by atoms with Crippen molar-refractivity contribution in [3.8, 4) is 23.0 Å². The summed E-state index contributed by atoms with van der Waals surface area (Å²) in [5.41, 5.74) is 0.579. The van der Waals surface area contributed by atoms with Crippen LogP contribution in [0.4, 0.5) is 0 Å². The third kappa shape index (κ3) is 4.99. The van der Waals surface area contributed by atoms with E-state index in [1.165, 1.54) is 12.1 Å². The van der Waals surface area contributed by atoms with Crippen molar-refractivity contribution in [1.29, 1.82) is 0 Å². The normalized spacial score (nSPS) is 11.2. The average Bonchev–Trinajstić information content (AvgIpc) is 2.44. The van der Waals surface area contributed by atoms with Crippen molar-refractivity contribution in [1.82, 2.24) is 0 Å². The molecular formula is C15H15O8P. The van der Waals surface area contributed by atoms with Crippen LogP contribution in [0.3, 0.4) is 0 Å². The van der Waals surface area contributed by atoms with Gasteiger partial charge in [-0.2, -0.15) is 0 Å². The summed E-state index contributed by atoms with van der Waals surface area (Å²) < 4.78 is 15.0. The van der Waals surface area contributed by atoms with Gasteiger partial charge < -0.3 is 19.8 Å². The van der Waals surface area contributed by atoms with Crippen molar-refractivity contribution in [2.45, 2.75) is 12.8 Å². The molecule has 0 saturated carbocycles. The topological polar surface area (TPSA) is 145 Å². The molecule has 0 saturated heterocycles. The zero-order valence-electron chi connectivity index (χ0n) is 12.3. The Morgan fingerprint density at radius 3 is 2.00 bits per heavy atom. The fourth-order valence-electron chi connectivity index (χ4n) is 2.09. The highest BCUT2D eigenvalue weighted by Crippen LogP contribution is 2.41. The summed E-state index contributed by atoms with van der Waals surface area (Å²) in [4.78, 5) is 29.5. The van der Waals surface area contributed by atoms with Gasteiger partial charge in [-0.15, -0.1) is 0 Å². The lowest BCUT2D eigenvalue weighted by molar-refractivity contribution is -0.117. The largest absolute Gasteiger partial charge is 0.524 e. The number of phenols is 3. The number of phenolic OH excluding ortho intramolecular Hbond substituents is 3. The summed E-state index contributed by atoms with van der Waals surface area (Å²) in [5, 5.41) is 28.9. The minimum atomic E-state index is -4.83. The first-order valence-electron chi connectivity index (χ1n) is 6.73. The second-order valence-electron chi connectivity index (χ2n) is 5.08. The minimum absolute atomic E-state index is 0.0277. The molecule has 0 atom stereocenters. The number of hydrogen-bond donors (Lipinski definition) is 5. The number of aromatic hydroxyl groups is 3. The molecular weight excluding hydrogens is 339 g/mol. The van der Waals surface area contributed by atoms with E-state index in [4.69, 9.17) is 9.79 Å². The third-order valence-corrected chi connectivity index (χ3v) is 3.56. The Morgan fingerprint density at radius 2 is 1.50 bits per heavy atom. The Bertz CT molecular complexity index is 771. The molecule has 0 aliphatic heterocycles. The third-order valence-electron chi connectivity index (χ3n) is 3.11. The Hall–Kier alpha value is -2.54. The highest BCUT2D eigenvalue weighted by molar-refractivity contribution is 7.46. The zero-order valence-corrected chi connectivity index (χ0v) is 13.2. The molecule has 0 aliphatic rings. The predicted molar refractivity (Wildman–Crippen MR) is 83.0 cm³/mol. The lowest BCUT2D eigenvalue weighted by Crippen LogP contribution is -2.07. The molecule has 2 aromatic carbocycles. The lowest BCUT2D eigenvalue weighted by atomic mass is 10.0. The average molecular weight is 354 g/mol. The van der Waals surface area contributed by atoms with Gasteiger partial charge in [-0.1, -0.05) is 12.1 Å². The standard InChI is InChI=1S/C15H15O8P/c16-10-3-1-9(2-4-10)5-11(17)6-13-14(18)7-12(8-15(13)19)23-24(20,21)22/h1-4,7-8,16,18-19H,5-6H2,(H2,20,21,22). The number of phosphoric acid groups is 1. The molecule has 8 nitrogen and oxygen atoms in total. The van der Waals surface area contributed by atoms with Crippen LogP contribution in [-0.2, 0) is 22.2 Å². The number of carbonyl (C=O) groups excluding carboxylic acids is 1. The van der Waals surface area contributed by atoms with Crippen LogP contribution in [0.15, 0.2) is 36.4 Å². The zero-order chi connectivity index (χ0) is 17.9. The van der Waals surface area contributed by atoms with E-state index in [0.29, 0.717) is 5.56 Å². The quantitative estimate of drug-likeness (QED) is 0.492. The van der Waals surface area contributed by atoms with Crippen molar-refractivity contribution in [3.63, 3.8) is 0 Å². The maximum Gasteiger partial charge on any atom is 0.524 e. The van der Waals surface area contributed by atoms with Crippen LogP contribution in [0, 0.1) is 0 Å². The molecule has 0 radical (unpaired) electrons. The predicted octanol–water partition coefficient (Wildman–Crippen LogP) is 1.63. The monoisotopic (exact) mass is 354 g/mol. The molecule has 0 aliphatic carbocycles. The Kier molecular flexibility index (Phi) is 5.14. The maximum atomic E-state index is 12.0. The molecule has 5 N–H and O–H groups in total. The van der Waals surface area contributed by atoms with Crippen LogP contribution in [-0.4, -0.2) is 30.9 Å². The molecule has 2 rings (SSSR count). The van der Waals surface area contributed by atoms with E-state index >= 15 is 0 Å². The molecule has 0 unspecified atom stereocenters. The van der Waals surface area contributed by atoms with Gasteiger partial charge in [0.1, 0.15) is 28.8 Å². The summed E-state index contributed by atoms with van der Waals surface area (Å²) in [6, 6.07) is 7.83. The molecule has 2 aromatic rings. The number of phosphoric ester groups is 1. The molecule has 0 bridgehead atoms. The summed E-state index contributed by atoms with van der Waals surface area (Å²) >= 11 is 0. The van der Waals surface area contributed by atoms with Crippen molar-refractivity contribution in [2.24, 2.45) is 0 Å². The van der Waals surface area contributed by atoms with E-state index in [9.17, 15) is 24.7 Å². The van der Waals surface area contributed by atoms with E-state index < -0.39 is 25.1 Å². The van der Waals surface area contributed by atoms with Gasteiger partial charge in [-0.05, 0) is 17.7 Å². The maximum absolute atomic E-state index is 12.0. The summed E-state index contributed by atoms with van der Waals surface area (Å²) in [7, 11) is -4.83. The van der Waals surface area contributed by atoms with Crippen LogP contribution >= 0.6 is 7.82 Å². The Morgan fingerprint density at radius 1 is 0.958 bits per heavy atom. The van der Waals surface area contributed by atoms with Crippen LogP contribution in [0.2, 0.25) is 0 Å². The van der Waals surface area contributed by atoms with Gasteiger partial charge >= 0.3 is 7.82 Å². The van der Waals surface area contributed by atoms with Crippen molar-refractivity contribution in [3.05, 3.63) is 47.5 Å². The molecule has 0 amide bonds. The number of hydrogen-bond acceptors (Lipinski definition) is 6. The van der Waals surface area contributed by atoms with Crippen LogP contribution in [0.25, 0.3) is 0 Å². The smallest absolute Gasteiger partial charge is 0.508 e. The SMILES string of the molecule is O=C(Cc1ccc(O)cc1)Cc1c(O)cc(OP(=O)(O)O)cc1O. The van der Waals surface area contributed by atoms with E-state index in [1.54, 1.807) is 12.1 Å². The molecule has 0 fully saturated rings. The number of ketones is 1. The second-order valence-corrected chi connectivity index (χ2v) is 6.24. The molecule has 9 heteroatoms. The Labute approximate surface area is 136 Å². The van der Waals surface area contributed by atoms with Crippen molar-refractivity contribution in [2.75, 3.05) is 0 Å². The number of rotatable bonds is 6. The van der Waals surface area contributed by atoms with Crippen LogP contribution < -0.4 is 4.52 Å². The Balaban J connectivity index is 2.13. The van der Waals surface area contributed by atoms with Gasteiger partial charge in [0.15, 0.2) is 0 Å². The molecule has 0 aromatic heterocycles. The lowest BCUT2D eigenvalue weighted by Gasteiger charge is -2.11. The minimum Gasteiger partial charge on any atom is -0.508 e. The summed E-state index contributed by atoms with van der Waals surface area (Å²) in [6.07, 6.45) is -0.255. The molecule has 0 spiro atoms. The van der Waals surface area contributed by atoms with Gasteiger partial charge in [0.2, 0.25) is 0 Å². The fourth-order valence-corrected chi connectivity index (χ4v) is 2.47. The van der Waals surface area contributed by atoms with Gasteiger partial charge in [-0.25, -0.2) is 4.57 Å². The first-order valence-corrected chi connectivity index (χ1v) is 8.26. The van der Waals surface area contributed by atoms with Crippen LogP contribution in [0.5, 0.6) is 23.0 Å². The second kappa shape index (κ2) is 6.92. The summed E-state index contributed by atoms with van der Waals surface area (Å²) in [6.45, 7) is 0.